The molecule has 2 heterocycles. The minimum Gasteiger partial charge on any atom is -0.368 e. The number of nitrogens with two attached hydrogens (primary N) is 1. The average molecular weight is 225 g/mol. The van der Waals surface area contributed by atoms with E-state index >= 15 is 0 Å². The first-order valence-electron chi connectivity index (χ1n) is 6.36. The third-order valence-electron chi connectivity index (χ3n) is 4.34. The van der Waals surface area contributed by atoms with Gasteiger partial charge in [-0.1, -0.05) is 6.92 Å². The Balaban J connectivity index is 2.13. The van der Waals surface area contributed by atoms with Crippen molar-refractivity contribution in [1.29, 1.82) is 0 Å². The third kappa shape index (κ3) is 1.84. The van der Waals surface area contributed by atoms with Crippen molar-refractivity contribution < 1.29 is 4.79 Å². The zero-order valence-electron chi connectivity index (χ0n) is 10.3. The molecule has 4 heteroatoms. The molecule has 3 N–H and O–H groups in total. The number of fused-ring (bicyclic) bond motifs is 2. The van der Waals surface area contributed by atoms with Crippen molar-refractivity contribution in [3.8, 4) is 0 Å². The molecule has 2 bridgehead atoms. The van der Waals surface area contributed by atoms with E-state index in [0.717, 1.165) is 25.8 Å². The van der Waals surface area contributed by atoms with Gasteiger partial charge in [-0.2, -0.15) is 0 Å². The quantitative estimate of drug-likeness (QED) is 0.731. The van der Waals surface area contributed by atoms with E-state index in [0.29, 0.717) is 12.1 Å². The summed E-state index contributed by atoms with van der Waals surface area (Å²) in [5.41, 5.74) is 5.18. The second-order valence-electron chi connectivity index (χ2n) is 5.33. The number of hydrogen-bond donors (Lipinski definition) is 2. The lowest BCUT2D eigenvalue weighted by molar-refractivity contribution is -0.127. The monoisotopic (exact) mass is 225 g/mol. The highest BCUT2D eigenvalue weighted by Gasteiger charge is 2.49. The van der Waals surface area contributed by atoms with Gasteiger partial charge in [-0.25, -0.2) is 0 Å². The van der Waals surface area contributed by atoms with Gasteiger partial charge in [0.1, 0.15) is 5.54 Å². The molecule has 2 fully saturated rings. The molecule has 0 aliphatic carbocycles. The van der Waals surface area contributed by atoms with Crippen molar-refractivity contribution in [2.24, 2.45) is 5.73 Å². The minimum atomic E-state index is -0.436. The summed E-state index contributed by atoms with van der Waals surface area (Å²) in [5.74, 6) is -0.161. The molecule has 0 saturated carbocycles. The molecule has 2 unspecified atom stereocenters. The van der Waals surface area contributed by atoms with Gasteiger partial charge < -0.3 is 16.0 Å². The first-order chi connectivity index (χ1) is 7.59. The van der Waals surface area contributed by atoms with E-state index in [1.165, 1.54) is 12.8 Å². The number of nitrogens with one attached hydrogen (secondary N) is 1. The highest BCUT2D eigenvalue weighted by molar-refractivity contribution is 5.85. The smallest absolute Gasteiger partial charge is 0.237 e. The fraction of sp³-hybridized carbons (Fsp3) is 0.917. The summed E-state index contributed by atoms with van der Waals surface area (Å²) in [7, 11) is 2.17. The van der Waals surface area contributed by atoms with Crippen molar-refractivity contribution in [1.82, 2.24) is 10.2 Å². The van der Waals surface area contributed by atoms with Gasteiger partial charge in [0.25, 0.3) is 0 Å². The molecular formula is C12H23N3O. The maximum absolute atomic E-state index is 11.7. The Morgan fingerprint density at radius 2 is 2.00 bits per heavy atom. The molecule has 0 aromatic carbocycles. The van der Waals surface area contributed by atoms with Crippen LogP contribution in [0.1, 0.15) is 39.0 Å². The predicted molar refractivity (Wildman–Crippen MR) is 64.0 cm³/mol. The molecule has 2 saturated heterocycles. The number of rotatable bonds is 4. The summed E-state index contributed by atoms with van der Waals surface area (Å²) in [6.45, 7) is 3.00. The van der Waals surface area contributed by atoms with Gasteiger partial charge in [-0.15, -0.1) is 0 Å². The number of hydrogen-bond acceptors (Lipinski definition) is 3. The lowest BCUT2D eigenvalue weighted by Crippen LogP contribution is -2.63. The summed E-state index contributed by atoms with van der Waals surface area (Å²) in [4.78, 5) is 14.2. The van der Waals surface area contributed by atoms with Crippen LogP contribution in [-0.4, -0.2) is 42.0 Å². The molecule has 0 aromatic heterocycles. The summed E-state index contributed by atoms with van der Waals surface area (Å²) >= 11 is 0. The van der Waals surface area contributed by atoms with E-state index in [9.17, 15) is 4.79 Å². The Hall–Kier alpha value is -0.610. The number of nitrogens with zero attached hydrogens (tertiary/aromatic N) is 1. The molecule has 4 nitrogen and oxygen atoms in total. The molecule has 0 radical (unpaired) electrons. The lowest BCUT2D eigenvalue weighted by Gasteiger charge is -2.44. The molecule has 16 heavy (non-hydrogen) atoms. The summed E-state index contributed by atoms with van der Waals surface area (Å²) < 4.78 is 0. The van der Waals surface area contributed by atoms with Gasteiger partial charge in [0.05, 0.1) is 0 Å². The van der Waals surface area contributed by atoms with E-state index in [4.69, 9.17) is 5.73 Å². The largest absolute Gasteiger partial charge is 0.368 e. The van der Waals surface area contributed by atoms with Crippen LogP contribution in [0.2, 0.25) is 0 Å². The van der Waals surface area contributed by atoms with E-state index in [2.05, 4.69) is 24.2 Å². The van der Waals surface area contributed by atoms with Crippen LogP contribution in [0.5, 0.6) is 0 Å². The van der Waals surface area contributed by atoms with Crippen molar-refractivity contribution in [2.75, 3.05) is 13.6 Å². The second-order valence-corrected chi connectivity index (χ2v) is 5.33. The number of carbonyl (C=O) groups is 1. The van der Waals surface area contributed by atoms with Gasteiger partial charge in [0.2, 0.25) is 5.91 Å². The highest BCUT2D eigenvalue weighted by atomic mass is 16.1. The maximum Gasteiger partial charge on any atom is 0.237 e. The lowest BCUT2D eigenvalue weighted by atomic mass is 9.82. The maximum atomic E-state index is 11.7. The van der Waals surface area contributed by atoms with Crippen molar-refractivity contribution in [3.05, 3.63) is 0 Å². The Morgan fingerprint density at radius 1 is 1.44 bits per heavy atom. The number of primary amides is 1. The van der Waals surface area contributed by atoms with Crippen LogP contribution in [0.25, 0.3) is 0 Å². The van der Waals surface area contributed by atoms with Crippen LogP contribution >= 0.6 is 0 Å². The zero-order valence-corrected chi connectivity index (χ0v) is 10.3. The van der Waals surface area contributed by atoms with Crippen LogP contribution < -0.4 is 11.1 Å². The Kier molecular flexibility index (Phi) is 3.22. The summed E-state index contributed by atoms with van der Waals surface area (Å²) in [6, 6.07) is 1.08. The van der Waals surface area contributed by atoms with E-state index in [1.807, 2.05) is 0 Å². The van der Waals surface area contributed by atoms with Gasteiger partial charge >= 0.3 is 0 Å². The first-order valence-corrected chi connectivity index (χ1v) is 6.36. The minimum absolute atomic E-state index is 0.161. The van der Waals surface area contributed by atoms with Gasteiger partial charge in [0, 0.05) is 12.1 Å². The number of amides is 1. The van der Waals surface area contributed by atoms with Crippen LogP contribution in [0.4, 0.5) is 0 Å². The molecule has 92 valence electrons. The predicted octanol–water partition coefficient (Wildman–Crippen LogP) is 0.467. The molecule has 2 atom stereocenters. The molecule has 2 aliphatic rings. The molecule has 2 rings (SSSR count). The molecule has 0 spiro atoms. The van der Waals surface area contributed by atoms with E-state index in [1.54, 1.807) is 0 Å². The Labute approximate surface area is 97.6 Å². The van der Waals surface area contributed by atoms with E-state index in [-0.39, 0.29) is 5.91 Å². The van der Waals surface area contributed by atoms with Crippen LogP contribution in [0.15, 0.2) is 0 Å². The number of piperidine rings is 1. The average Bonchev–Trinajstić information content (AvgIpc) is 2.52. The molecule has 1 amide bonds. The van der Waals surface area contributed by atoms with Crippen molar-refractivity contribution in [2.45, 2.75) is 56.7 Å². The van der Waals surface area contributed by atoms with Crippen molar-refractivity contribution >= 4 is 5.91 Å². The standard InChI is InChI=1S/C12H23N3O/c1-3-6-14-12(11(13)16)7-9-4-5-10(8-12)15(9)2/h9-10,14H,3-8H2,1-2H3,(H2,13,16). The SMILES string of the molecule is CCCNC1(C(N)=O)CC2CCC(C1)N2C. The van der Waals surface area contributed by atoms with Gasteiger partial charge in [-0.3, -0.25) is 4.79 Å². The molecule has 0 aromatic rings. The third-order valence-corrected chi connectivity index (χ3v) is 4.34. The summed E-state index contributed by atoms with van der Waals surface area (Å²) in [5, 5.41) is 3.40. The van der Waals surface area contributed by atoms with Crippen LogP contribution in [-0.2, 0) is 4.79 Å². The first kappa shape index (κ1) is 11.9. The van der Waals surface area contributed by atoms with Crippen LogP contribution in [0, 0.1) is 0 Å². The fourth-order valence-corrected chi connectivity index (χ4v) is 3.27. The molecular weight excluding hydrogens is 202 g/mol. The Bertz CT molecular complexity index is 265. The van der Waals surface area contributed by atoms with Gasteiger partial charge in [0.15, 0.2) is 0 Å². The van der Waals surface area contributed by atoms with Crippen LogP contribution in [0.3, 0.4) is 0 Å². The zero-order chi connectivity index (χ0) is 11.8. The topological polar surface area (TPSA) is 58.4 Å². The Morgan fingerprint density at radius 3 is 2.44 bits per heavy atom. The highest BCUT2D eigenvalue weighted by Crippen LogP contribution is 2.39. The van der Waals surface area contributed by atoms with E-state index < -0.39 is 5.54 Å². The molecule has 2 aliphatic heterocycles. The second kappa shape index (κ2) is 4.34. The van der Waals surface area contributed by atoms with Crippen molar-refractivity contribution in [3.63, 3.8) is 0 Å². The number of carbonyl (C=O) groups excluding carboxylic acids is 1. The summed E-state index contributed by atoms with van der Waals surface area (Å²) in [6.07, 6.45) is 5.23. The fourth-order valence-electron chi connectivity index (χ4n) is 3.27. The normalized spacial score (nSPS) is 38.9. The van der Waals surface area contributed by atoms with Gasteiger partial charge in [-0.05, 0) is 45.7 Å².